The van der Waals surface area contributed by atoms with Gasteiger partial charge >= 0.3 is 12.0 Å². The number of carboxylic acid groups (broad SMARTS) is 1. The molecule has 4 N–H and O–H groups in total. The fraction of sp³-hybridized carbons (Fsp3) is 0.111. The number of rotatable bonds is 4. The molecule has 0 saturated carbocycles. The van der Waals surface area contributed by atoms with Crippen molar-refractivity contribution < 1.29 is 19.6 Å². The number of nitrogens with two attached hydrogens (primary N) is 1. The standard InChI is InChI=1S/C9H9N3O5/c10-9(15)11-7(8(13)14)5-3-1-2-4-6(5)12(16)17/h1-4,7H,(H,13,14)(H3,10,11,15)/t7-/m0/s1. The Kier molecular flexibility index (Phi) is 3.60. The van der Waals surface area contributed by atoms with Crippen LogP contribution >= 0.6 is 0 Å². The van der Waals surface area contributed by atoms with Gasteiger partial charge in [-0.15, -0.1) is 0 Å². The van der Waals surface area contributed by atoms with Crippen LogP contribution in [0.5, 0.6) is 0 Å². The first-order valence-electron chi connectivity index (χ1n) is 4.45. The quantitative estimate of drug-likeness (QED) is 0.515. The van der Waals surface area contributed by atoms with Gasteiger partial charge < -0.3 is 16.2 Å². The van der Waals surface area contributed by atoms with Gasteiger partial charge in [-0.2, -0.15) is 0 Å². The number of nitrogens with zero attached hydrogens (tertiary/aromatic N) is 1. The van der Waals surface area contributed by atoms with E-state index in [1.807, 2.05) is 5.32 Å². The molecule has 0 saturated heterocycles. The number of nitro benzene ring substituents is 1. The minimum atomic E-state index is -1.55. The van der Waals surface area contributed by atoms with Gasteiger partial charge in [0.25, 0.3) is 5.69 Å². The maximum absolute atomic E-state index is 10.9. The van der Waals surface area contributed by atoms with Gasteiger partial charge in [-0.25, -0.2) is 9.59 Å². The average molecular weight is 239 g/mol. The van der Waals surface area contributed by atoms with E-state index in [9.17, 15) is 19.7 Å². The van der Waals surface area contributed by atoms with Gasteiger partial charge in [-0.3, -0.25) is 10.1 Å². The fourth-order valence-corrected chi connectivity index (χ4v) is 1.31. The first kappa shape index (κ1) is 12.4. The Bertz CT molecular complexity index is 473. The molecule has 1 aromatic carbocycles. The number of benzene rings is 1. The van der Waals surface area contributed by atoms with Crippen LogP contribution in [0.2, 0.25) is 0 Å². The lowest BCUT2D eigenvalue weighted by Crippen LogP contribution is -2.37. The number of amides is 2. The summed E-state index contributed by atoms with van der Waals surface area (Å²) in [6.07, 6.45) is 0. The van der Waals surface area contributed by atoms with Gasteiger partial charge in [-0.05, 0) is 6.07 Å². The van der Waals surface area contributed by atoms with Crippen molar-refractivity contribution in [3.05, 3.63) is 39.9 Å². The SMILES string of the molecule is NC(=O)N[C@H](C(=O)O)c1ccccc1[N+](=O)[O-]. The van der Waals surface area contributed by atoms with Crippen molar-refractivity contribution in [2.45, 2.75) is 6.04 Å². The molecule has 8 heteroatoms. The zero-order valence-electron chi connectivity index (χ0n) is 8.49. The normalized spacial score (nSPS) is 11.5. The number of hydrogen-bond acceptors (Lipinski definition) is 4. The number of carbonyl (C=O) groups is 2. The molecule has 0 fully saturated rings. The van der Waals surface area contributed by atoms with E-state index in [-0.39, 0.29) is 5.56 Å². The lowest BCUT2D eigenvalue weighted by molar-refractivity contribution is -0.385. The number of aliphatic carboxylic acids is 1. The minimum Gasteiger partial charge on any atom is -0.479 e. The van der Waals surface area contributed by atoms with E-state index in [0.717, 1.165) is 6.07 Å². The van der Waals surface area contributed by atoms with Gasteiger partial charge in [0.05, 0.1) is 10.5 Å². The molecule has 0 heterocycles. The minimum absolute atomic E-state index is 0.135. The van der Waals surface area contributed by atoms with E-state index >= 15 is 0 Å². The molecule has 0 aromatic heterocycles. The van der Waals surface area contributed by atoms with Crippen LogP contribution in [0.15, 0.2) is 24.3 Å². The van der Waals surface area contributed by atoms with Crippen LogP contribution in [0.3, 0.4) is 0 Å². The molecule has 0 aliphatic rings. The second-order valence-corrected chi connectivity index (χ2v) is 3.10. The highest BCUT2D eigenvalue weighted by Crippen LogP contribution is 2.24. The molecular formula is C9H9N3O5. The largest absolute Gasteiger partial charge is 0.479 e. The number of carbonyl (C=O) groups excluding carboxylic acids is 1. The first-order valence-corrected chi connectivity index (χ1v) is 4.45. The van der Waals surface area contributed by atoms with E-state index in [0.29, 0.717) is 0 Å². The van der Waals surface area contributed by atoms with Crippen LogP contribution < -0.4 is 11.1 Å². The molecule has 0 unspecified atom stereocenters. The average Bonchev–Trinajstić information content (AvgIpc) is 2.25. The van der Waals surface area contributed by atoms with Crippen molar-refractivity contribution in [3.63, 3.8) is 0 Å². The van der Waals surface area contributed by atoms with Crippen molar-refractivity contribution in [3.8, 4) is 0 Å². The molecule has 0 spiro atoms. The zero-order valence-corrected chi connectivity index (χ0v) is 8.49. The van der Waals surface area contributed by atoms with Crippen molar-refractivity contribution in [1.82, 2.24) is 5.32 Å². The second-order valence-electron chi connectivity index (χ2n) is 3.10. The van der Waals surface area contributed by atoms with Crippen LogP contribution in [0, 0.1) is 10.1 Å². The molecular weight excluding hydrogens is 230 g/mol. The maximum atomic E-state index is 10.9. The Balaban J connectivity index is 3.22. The van der Waals surface area contributed by atoms with Crippen molar-refractivity contribution in [2.75, 3.05) is 0 Å². The maximum Gasteiger partial charge on any atom is 0.331 e. The number of urea groups is 1. The summed E-state index contributed by atoms with van der Waals surface area (Å²) in [6.45, 7) is 0. The number of primary amides is 1. The molecule has 1 rings (SSSR count). The Morgan fingerprint density at radius 3 is 2.47 bits per heavy atom. The number of nitro groups is 1. The Morgan fingerprint density at radius 1 is 1.41 bits per heavy atom. The highest BCUT2D eigenvalue weighted by molar-refractivity contribution is 5.83. The second kappa shape index (κ2) is 4.92. The molecule has 0 aliphatic carbocycles. The van der Waals surface area contributed by atoms with Crippen LogP contribution in [0.25, 0.3) is 0 Å². The first-order chi connectivity index (χ1) is 7.93. The fourth-order valence-electron chi connectivity index (χ4n) is 1.31. The summed E-state index contributed by atoms with van der Waals surface area (Å²) < 4.78 is 0. The highest BCUT2D eigenvalue weighted by atomic mass is 16.6. The van der Waals surface area contributed by atoms with E-state index in [1.165, 1.54) is 18.2 Å². The lowest BCUT2D eigenvalue weighted by atomic mass is 10.1. The van der Waals surface area contributed by atoms with Crippen molar-refractivity contribution >= 4 is 17.7 Å². The Morgan fingerprint density at radius 2 is 2.00 bits per heavy atom. The third kappa shape index (κ3) is 2.91. The third-order valence-electron chi connectivity index (χ3n) is 1.98. The number of nitrogens with one attached hydrogen (secondary N) is 1. The summed E-state index contributed by atoms with van der Waals surface area (Å²) in [5.74, 6) is -1.43. The van der Waals surface area contributed by atoms with E-state index < -0.39 is 28.7 Å². The van der Waals surface area contributed by atoms with E-state index in [2.05, 4.69) is 0 Å². The number of para-hydroxylation sites is 1. The monoisotopic (exact) mass is 239 g/mol. The molecule has 1 aromatic rings. The van der Waals surface area contributed by atoms with Crippen LogP contribution in [-0.2, 0) is 4.79 Å². The summed E-state index contributed by atoms with van der Waals surface area (Å²) in [6, 6.07) is 2.59. The Labute approximate surface area is 95.2 Å². The third-order valence-corrected chi connectivity index (χ3v) is 1.98. The molecule has 0 radical (unpaired) electrons. The van der Waals surface area contributed by atoms with Crippen LogP contribution in [-0.4, -0.2) is 22.0 Å². The molecule has 90 valence electrons. The predicted octanol–water partition coefficient (Wildman–Crippen LogP) is 0.389. The molecule has 1 atom stereocenters. The number of hydrogen-bond donors (Lipinski definition) is 3. The summed E-state index contributed by atoms with van der Waals surface area (Å²) in [4.78, 5) is 31.5. The number of carboxylic acids is 1. The van der Waals surface area contributed by atoms with Gasteiger partial charge in [0.1, 0.15) is 0 Å². The predicted molar refractivity (Wildman–Crippen MR) is 56.2 cm³/mol. The van der Waals surface area contributed by atoms with Gasteiger partial charge in [0, 0.05) is 6.07 Å². The van der Waals surface area contributed by atoms with E-state index in [1.54, 1.807) is 0 Å². The molecule has 0 bridgehead atoms. The molecule has 17 heavy (non-hydrogen) atoms. The van der Waals surface area contributed by atoms with Gasteiger partial charge in [0.15, 0.2) is 6.04 Å². The summed E-state index contributed by atoms with van der Waals surface area (Å²) in [5.41, 5.74) is 4.28. The van der Waals surface area contributed by atoms with Crippen LogP contribution in [0.4, 0.5) is 10.5 Å². The highest BCUT2D eigenvalue weighted by Gasteiger charge is 2.28. The van der Waals surface area contributed by atoms with Crippen molar-refractivity contribution in [1.29, 1.82) is 0 Å². The van der Waals surface area contributed by atoms with Gasteiger partial charge in [-0.1, -0.05) is 12.1 Å². The molecule has 2 amide bonds. The summed E-state index contributed by atoms with van der Waals surface area (Å²) in [5, 5.41) is 21.5. The smallest absolute Gasteiger partial charge is 0.331 e. The molecule has 0 aliphatic heterocycles. The van der Waals surface area contributed by atoms with Crippen LogP contribution in [0.1, 0.15) is 11.6 Å². The lowest BCUT2D eigenvalue weighted by Gasteiger charge is -2.12. The van der Waals surface area contributed by atoms with Gasteiger partial charge in [0.2, 0.25) is 0 Å². The summed E-state index contributed by atoms with van der Waals surface area (Å²) in [7, 11) is 0. The topological polar surface area (TPSA) is 136 Å². The zero-order chi connectivity index (χ0) is 13.0. The molecule has 8 nitrogen and oxygen atoms in total. The summed E-state index contributed by atoms with van der Waals surface area (Å²) >= 11 is 0. The van der Waals surface area contributed by atoms with Crippen molar-refractivity contribution in [2.24, 2.45) is 5.73 Å². The van der Waals surface area contributed by atoms with E-state index in [4.69, 9.17) is 10.8 Å². The Hall–Kier alpha value is -2.64.